The van der Waals surface area contributed by atoms with Crippen molar-refractivity contribution in [2.45, 2.75) is 70.2 Å². The van der Waals surface area contributed by atoms with Crippen LogP contribution in [0.15, 0.2) is 18.2 Å². The van der Waals surface area contributed by atoms with E-state index in [9.17, 15) is 5.11 Å². The van der Waals surface area contributed by atoms with Gasteiger partial charge in [0.15, 0.2) is 0 Å². The average molecular weight is 290 g/mol. The Morgan fingerprint density at radius 2 is 2.19 bits per heavy atom. The lowest BCUT2D eigenvalue weighted by atomic mass is 9.96. The number of benzene rings is 1. The van der Waals surface area contributed by atoms with E-state index in [1.165, 1.54) is 18.4 Å². The minimum Gasteiger partial charge on any atom is -0.487 e. The molecule has 116 valence electrons. The molecule has 2 unspecified atom stereocenters. The normalized spacial score (nSPS) is 25.2. The minimum absolute atomic E-state index is 0.123. The summed E-state index contributed by atoms with van der Waals surface area (Å²) >= 11 is 0. The highest BCUT2D eigenvalue weighted by Gasteiger charge is 2.30. The third-order valence-corrected chi connectivity index (χ3v) is 4.51. The number of hydrogen-bond acceptors (Lipinski definition) is 3. The Labute approximate surface area is 127 Å². The molecular weight excluding hydrogens is 264 g/mol. The molecule has 1 fully saturated rings. The van der Waals surface area contributed by atoms with Crippen molar-refractivity contribution in [1.29, 1.82) is 0 Å². The molecule has 0 saturated carbocycles. The van der Waals surface area contributed by atoms with Crippen molar-refractivity contribution in [2.75, 3.05) is 6.61 Å². The molecule has 0 amide bonds. The second-order valence-electron chi connectivity index (χ2n) is 6.99. The van der Waals surface area contributed by atoms with Crippen LogP contribution in [0.25, 0.3) is 0 Å². The van der Waals surface area contributed by atoms with E-state index < -0.39 is 6.10 Å². The molecule has 3 nitrogen and oxygen atoms in total. The predicted octanol–water partition coefficient (Wildman–Crippen LogP) is 3.78. The van der Waals surface area contributed by atoms with Gasteiger partial charge in [0.2, 0.25) is 0 Å². The second kappa shape index (κ2) is 5.98. The van der Waals surface area contributed by atoms with Crippen molar-refractivity contribution in [1.82, 2.24) is 0 Å². The molecule has 0 aromatic heterocycles. The van der Waals surface area contributed by atoms with E-state index in [1.54, 1.807) is 0 Å². The van der Waals surface area contributed by atoms with E-state index in [-0.39, 0.29) is 5.60 Å². The van der Waals surface area contributed by atoms with E-state index in [4.69, 9.17) is 9.47 Å². The molecule has 0 spiro atoms. The maximum atomic E-state index is 10.4. The van der Waals surface area contributed by atoms with Crippen molar-refractivity contribution < 1.29 is 14.6 Å². The maximum Gasteiger partial charge on any atom is 0.123 e. The van der Waals surface area contributed by atoms with Gasteiger partial charge in [0.05, 0.1) is 12.2 Å². The minimum atomic E-state index is -0.399. The van der Waals surface area contributed by atoms with Crippen LogP contribution in [0.1, 0.15) is 63.2 Å². The molecule has 1 N–H and O–H groups in total. The van der Waals surface area contributed by atoms with Gasteiger partial charge in [0.25, 0.3) is 0 Å². The maximum absolute atomic E-state index is 10.4. The van der Waals surface area contributed by atoms with Crippen LogP contribution < -0.4 is 4.74 Å². The lowest BCUT2D eigenvalue weighted by Gasteiger charge is -2.23. The van der Waals surface area contributed by atoms with Gasteiger partial charge in [-0.2, -0.15) is 0 Å². The summed E-state index contributed by atoms with van der Waals surface area (Å²) in [5.41, 5.74) is 2.10. The van der Waals surface area contributed by atoms with Gasteiger partial charge in [0, 0.05) is 13.0 Å². The van der Waals surface area contributed by atoms with Crippen molar-refractivity contribution in [3.8, 4) is 5.75 Å². The van der Waals surface area contributed by atoms with Crippen LogP contribution in [0.5, 0.6) is 5.75 Å². The summed E-state index contributed by atoms with van der Waals surface area (Å²) in [5, 5.41) is 10.4. The summed E-state index contributed by atoms with van der Waals surface area (Å²) in [6, 6.07) is 6.10. The van der Waals surface area contributed by atoms with Gasteiger partial charge < -0.3 is 14.6 Å². The van der Waals surface area contributed by atoms with E-state index >= 15 is 0 Å². The molecule has 0 bridgehead atoms. The molecule has 1 aromatic rings. The zero-order valence-electron chi connectivity index (χ0n) is 13.1. The Bertz CT molecular complexity index is 489. The standard InChI is InChI=1S/C18H26O3/c1-18(2)12-14-11-13(6-9-17(14)21-18)16(19)8-7-15-5-3-4-10-20-15/h6,9,11,15-16,19H,3-5,7-8,10,12H2,1-2H3. The summed E-state index contributed by atoms with van der Waals surface area (Å²) in [4.78, 5) is 0. The van der Waals surface area contributed by atoms with Gasteiger partial charge in [-0.05, 0) is 69.2 Å². The Kier molecular flexibility index (Phi) is 4.23. The lowest BCUT2D eigenvalue weighted by Crippen LogP contribution is -2.24. The number of aliphatic hydroxyl groups is 1. The van der Waals surface area contributed by atoms with E-state index in [0.29, 0.717) is 6.10 Å². The van der Waals surface area contributed by atoms with Gasteiger partial charge >= 0.3 is 0 Å². The Morgan fingerprint density at radius 3 is 2.95 bits per heavy atom. The van der Waals surface area contributed by atoms with Crippen LogP contribution >= 0.6 is 0 Å². The van der Waals surface area contributed by atoms with Crippen molar-refractivity contribution in [3.05, 3.63) is 29.3 Å². The molecule has 3 heteroatoms. The predicted molar refractivity (Wildman–Crippen MR) is 82.6 cm³/mol. The van der Waals surface area contributed by atoms with Gasteiger partial charge in [-0.15, -0.1) is 0 Å². The van der Waals surface area contributed by atoms with Crippen molar-refractivity contribution >= 4 is 0 Å². The first-order chi connectivity index (χ1) is 10.0. The van der Waals surface area contributed by atoms with Crippen LogP contribution in [0.2, 0.25) is 0 Å². The highest BCUT2D eigenvalue weighted by Crippen LogP contribution is 2.36. The fourth-order valence-corrected chi connectivity index (χ4v) is 3.38. The smallest absolute Gasteiger partial charge is 0.123 e. The monoisotopic (exact) mass is 290 g/mol. The fourth-order valence-electron chi connectivity index (χ4n) is 3.38. The first-order valence-corrected chi connectivity index (χ1v) is 8.15. The molecule has 21 heavy (non-hydrogen) atoms. The van der Waals surface area contributed by atoms with Gasteiger partial charge in [0.1, 0.15) is 11.4 Å². The van der Waals surface area contributed by atoms with E-state index in [0.717, 1.165) is 43.6 Å². The SMILES string of the molecule is CC1(C)Cc2cc(C(O)CCC3CCCCO3)ccc2O1. The molecule has 0 aliphatic carbocycles. The Morgan fingerprint density at radius 1 is 1.33 bits per heavy atom. The first-order valence-electron chi connectivity index (χ1n) is 8.15. The van der Waals surface area contributed by atoms with Crippen molar-refractivity contribution in [3.63, 3.8) is 0 Å². The molecular formula is C18H26O3. The highest BCUT2D eigenvalue weighted by atomic mass is 16.5. The largest absolute Gasteiger partial charge is 0.487 e. The Balaban J connectivity index is 1.59. The topological polar surface area (TPSA) is 38.7 Å². The summed E-state index contributed by atoms with van der Waals surface area (Å²) in [6.45, 7) is 5.08. The van der Waals surface area contributed by atoms with Crippen molar-refractivity contribution in [2.24, 2.45) is 0 Å². The molecule has 3 rings (SSSR count). The highest BCUT2D eigenvalue weighted by molar-refractivity contribution is 5.42. The third kappa shape index (κ3) is 3.58. The summed E-state index contributed by atoms with van der Waals surface area (Å²) < 4.78 is 11.6. The van der Waals surface area contributed by atoms with Gasteiger partial charge in [-0.3, -0.25) is 0 Å². The number of fused-ring (bicyclic) bond motifs is 1. The number of aliphatic hydroxyl groups excluding tert-OH is 1. The number of rotatable bonds is 4. The molecule has 2 atom stereocenters. The second-order valence-corrected chi connectivity index (χ2v) is 6.99. The van der Waals surface area contributed by atoms with E-state index in [1.807, 2.05) is 12.1 Å². The van der Waals surface area contributed by atoms with Crippen LogP contribution in [0.3, 0.4) is 0 Å². The zero-order valence-corrected chi connectivity index (χ0v) is 13.1. The average Bonchev–Trinajstić information content (AvgIpc) is 2.78. The van der Waals surface area contributed by atoms with Crippen LogP contribution in [0, 0.1) is 0 Å². The quantitative estimate of drug-likeness (QED) is 0.917. The summed E-state index contributed by atoms with van der Waals surface area (Å²) in [6.07, 6.45) is 6.14. The van der Waals surface area contributed by atoms with Gasteiger partial charge in [-0.25, -0.2) is 0 Å². The summed E-state index contributed by atoms with van der Waals surface area (Å²) in [5.74, 6) is 0.964. The number of hydrogen-bond donors (Lipinski definition) is 1. The molecule has 2 aliphatic rings. The molecule has 2 aliphatic heterocycles. The van der Waals surface area contributed by atoms with Crippen LogP contribution in [-0.4, -0.2) is 23.4 Å². The first kappa shape index (κ1) is 14.9. The lowest BCUT2D eigenvalue weighted by molar-refractivity contribution is 0.00213. The number of ether oxygens (including phenoxy) is 2. The summed E-state index contributed by atoms with van der Waals surface area (Å²) in [7, 11) is 0. The molecule has 1 saturated heterocycles. The third-order valence-electron chi connectivity index (χ3n) is 4.51. The molecule has 0 radical (unpaired) electrons. The van der Waals surface area contributed by atoms with Crippen LogP contribution in [0.4, 0.5) is 0 Å². The zero-order chi connectivity index (χ0) is 14.9. The molecule has 2 heterocycles. The van der Waals surface area contributed by atoms with Crippen LogP contribution in [-0.2, 0) is 11.2 Å². The Hall–Kier alpha value is -1.06. The van der Waals surface area contributed by atoms with Gasteiger partial charge in [-0.1, -0.05) is 6.07 Å². The fraction of sp³-hybridized carbons (Fsp3) is 0.667. The van der Waals surface area contributed by atoms with E-state index in [2.05, 4.69) is 19.9 Å². The molecule has 1 aromatic carbocycles.